The molecule has 2 aromatic carbocycles. The molecule has 100 valence electrons. The van der Waals surface area contributed by atoms with Crippen LogP contribution in [0.2, 0.25) is 10.0 Å². The van der Waals surface area contributed by atoms with Crippen molar-refractivity contribution in [1.82, 2.24) is 0 Å². The second-order valence-electron chi connectivity index (χ2n) is 3.85. The lowest BCUT2D eigenvalue weighted by Gasteiger charge is -2.14. The normalized spacial score (nSPS) is 11.7. The summed E-state index contributed by atoms with van der Waals surface area (Å²) in [6.07, 6.45) is -4.43. The fraction of sp³-hybridized carbons (Fsp3) is 0.0769. The molecule has 0 nitrogen and oxygen atoms in total. The van der Waals surface area contributed by atoms with Gasteiger partial charge in [-0.05, 0) is 64.0 Å². The second kappa shape index (κ2) is 5.50. The third-order valence-corrected chi connectivity index (χ3v) is 3.57. The monoisotopic (exact) mass is 416 g/mol. The first-order chi connectivity index (χ1) is 8.77. The molecule has 0 aliphatic carbocycles. The molecule has 0 amide bonds. The number of alkyl halides is 3. The Balaban J connectivity index is 2.68. The number of benzene rings is 2. The molecule has 0 aliphatic heterocycles. The standard InChI is InChI=1S/C13H6Cl2F3I/c14-8-3-7(4-9(15)5-8)11-2-1-10(19)6-12(11)13(16,17)18/h1-6H. The maximum absolute atomic E-state index is 13.0. The summed E-state index contributed by atoms with van der Waals surface area (Å²) in [5, 5.41) is 0.600. The number of hydrogen-bond acceptors (Lipinski definition) is 0. The SMILES string of the molecule is FC(F)(F)c1cc(I)ccc1-c1cc(Cl)cc(Cl)c1. The zero-order valence-electron chi connectivity index (χ0n) is 9.23. The summed E-state index contributed by atoms with van der Waals surface area (Å²) in [4.78, 5) is 0. The summed E-state index contributed by atoms with van der Waals surface area (Å²) < 4.78 is 39.7. The van der Waals surface area contributed by atoms with E-state index in [1.807, 2.05) is 22.6 Å². The molecule has 0 unspecified atom stereocenters. The molecule has 0 atom stereocenters. The third kappa shape index (κ3) is 3.55. The minimum Gasteiger partial charge on any atom is -0.166 e. The van der Waals surface area contributed by atoms with Crippen LogP contribution >= 0.6 is 45.8 Å². The minimum absolute atomic E-state index is 0.0670. The molecule has 2 rings (SSSR count). The molecule has 0 spiro atoms. The molecule has 19 heavy (non-hydrogen) atoms. The van der Waals surface area contributed by atoms with Crippen molar-refractivity contribution in [2.75, 3.05) is 0 Å². The van der Waals surface area contributed by atoms with Gasteiger partial charge in [-0.25, -0.2) is 0 Å². The molecular weight excluding hydrogens is 411 g/mol. The molecule has 0 heterocycles. The van der Waals surface area contributed by atoms with E-state index in [2.05, 4.69) is 0 Å². The van der Waals surface area contributed by atoms with Crippen molar-refractivity contribution in [1.29, 1.82) is 0 Å². The van der Waals surface area contributed by atoms with E-state index in [1.165, 1.54) is 24.3 Å². The molecule has 6 heteroatoms. The molecule has 0 radical (unpaired) electrons. The molecule has 0 aromatic heterocycles. The van der Waals surface area contributed by atoms with Gasteiger partial charge in [0.2, 0.25) is 0 Å². The molecule has 0 aliphatic rings. The fourth-order valence-corrected chi connectivity index (χ4v) is 2.73. The summed E-state index contributed by atoms with van der Waals surface area (Å²) in [5.41, 5.74) is -0.281. The predicted molar refractivity (Wildman–Crippen MR) is 79.6 cm³/mol. The largest absolute Gasteiger partial charge is 0.417 e. The first-order valence-electron chi connectivity index (χ1n) is 5.10. The van der Waals surface area contributed by atoms with Gasteiger partial charge in [0, 0.05) is 13.6 Å². The maximum atomic E-state index is 13.0. The van der Waals surface area contributed by atoms with E-state index >= 15 is 0 Å². The third-order valence-electron chi connectivity index (χ3n) is 2.46. The van der Waals surface area contributed by atoms with Gasteiger partial charge in [0.05, 0.1) is 5.56 Å². The van der Waals surface area contributed by atoms with Gasteiger partial charge in [-0.2, -0.15) is 13.2 Å². The van der Waals surface area contributed by atoms with E-state index in [-0.39, 0.29) is 5.56 Å². The van der Waals surface area contributed by atoms with Gasteiger partial charge < -0.3 is 0 Å². The van der Waals surface area contributed by atoms with E-state index in [9.17, 15) is 13.2 Å². The molecule has 2 aromatic rings. The highest BCUT2D eigenvalue weighted by molar-refractivity contribution is 14.1. The van der Waals surface area contributed by atoms with Crippen LogP contribution in [0, 0.1) is 3.57 Å². The quantitative estimate of drug-likeness (QED) is 0.479. The zero-order chi connectivity index (χ0) is 14.2. The van der Waals surface area contributed by atoms with Crippen molar-refractivity contribution in [3.63, 3.8) is 0 Å². The summed E-state index contributed by atoms with van der Waals surface area (Å²) in [5.74, 6) is 0. The van der Waals surface area contributed by atoms with Crippen molar-refractivity contribution < 1.29 is 13.2 Å². The average molecular weight is 417 g/mol. The lowest BCUT2D eigenvalue weighted by Crippen LogP contribution is -2.07. The minimum atomic E-state index is -4.43. The van der Waals surface area contributed by atoms with E-state index in [0.717, 1.165) is 6.07 Å². The Labute approximate surface area is 131 Å². The van der Waals surface area contributed by atoms with Gasteiger partial charge in [0.25, 0.3) is 0 Å². The molecule has 0 fully saturated rings. The number of halogens is 6. The average Bonchev–Trinajstić information content (AvgIpc) is 2.26. The molecule has 0 saturated carbocycles. The van der Waals surface area contributed by atoms with Crippen LogP contribution in [0.25, 0.3) is 11.1 Å². The Hall–Kier alpha value is -0.460. The maximum Gasteiger partial charge on any atom is 0.417 e. The highest BCUT2D eigenvalue weighted by atomic mass is 127. The van der Waals surface area contributed by atoms with Gasteiger partial charge in [-0.3, -0.25) is 0 Å². The Bertz CT molecular complexity index is 604. The van der Waals surface area contributed by atoms with Gasteiger partial charge in [-0.15, -0.1) is 0 Å². The van der Waals surface area contributed by atoms with Gasteiger partial charge >= 0.3 is 6.18 Å². The topological polar surface area (TPSA) is 0 Å². The van der Waals surface area contributed by atoms with Crippen LogP contribution in [0.15, 0.2) is 36.4 Å². The Morgan fingerprint density at radius 2 is 1.47 bits per heavy atom. The lowest BCUT2D eigenvalue weighted by molar-refractivity contribution is -0.137. The van der Waals surface area contributed by atoms with Crippen LogP contribution in [-0.4, -0.2) is 0 Å². The van der Waals surface area contributed by atoms with Crippen molar-refractivity contribution in [2.24, 2.45) is 0 Å². The molecule has 0 N–H and O–H groups in total. The Morgan fingerprint density at radius 1 is 0.895 bits per heavy atom. The Kier molecular flexibility index (Phi) is 4.32. The van der Waals surface area contributed by atoms with Gasteiger partial charge in [0.15, 0.2) is 0 Å². The number of rotatable bonds is 1. The van der Waals surface area contributed by atoms with E-state index < -0.39 is 11.7 Å². The van der Waals surface area contributed by atoms with Crippen LogP contribution in [0.3, 0.4) is 0 Å². The zero-order valence-corrected chi connectivity index (χ0v) is 12.9. The van der Waals surface area contributed by atoms with Crippen LogP contribution in [0.4, 0.5) is 13.2 Å². The van der Waals surface area contributed by atoms with Crippen molar-refractivity contribution in [3.05, 3.63) is 55.6 Å². The summed E-state index contributed by atoms with van der Waals surface area (Å²) in [6.45, 7) is 0. The predicted octanol–water partition coefficient (Wildman–Crippen LogP) is 6.28. The Morgan fingerprint density at radius 3 is 2.00 bits per heavy atom. The van der Waals surface area contributed by atoms with Crippen molar-refractivity contribution >= 4 is 45.8 Å². The highest BCUT2D eigenvalue weighted by Crippen LogP contribution is 2.39. The van der Waals surface area contributed by atoms with Crippen LogP contribution < -0.4 is 0 Å². The first-order valence-corrected chi connectivity index (χ1v) is 6.94. The molecular formula is C13H6Cl2F3I. The number of hydrogen-bond donors (Lipinski definition) is 0. The highest BCUT2D eigenvalue weighted by Gasteiger charge is 2.33. The van der Waals surface area contributed by atoms with Gasteiger partial charge in [0.1, 0.15) is 0 Å². The van der Waals surface area contributed by atoms with E-state index in [1.54, 1.807) is 6.07 Å². The smallest absolute Gasteiger partial charge is 0.166 e. The molecule has 0 bridgehead atoms. The summed E-state index contributed by atoms with van der Waals surface area (Å²) in [7, 11) is 0. The van der Waals surface area contributed by atoms with Gasteiger partial charge in [-0.1, -0.05) is 29.3 Å². The van der Waals surface area contributed by atoms with E-state index in [4.69, 9.17) is 23.2 Å². The van der Waals surface area contributed by atoms with E-state index in [0.29, 0.717) is 19.2 Å². The fourth-order valence-electron chi connectivity index (χ4n) is 1.71. The lowest BCUT2D eigenvalue weighted by atomic mass is 9.99. The van der Waals surface area contributed by atoms with Crippen LogP contribution in [-0.2, 0) is 6.18 Å². The van der Waals surface area contributed by atoms with Crippen molar-refractivity contribution in [2.45, 2.75) is 6.18 Å². The van der Waals surface area contributed by atoms with Crippen LogP contribution in [0.1, 0.15) is 5.56 Å². The second-order valence-corrected chi connectivity index (χ2v) is 5.96. The summed E-state index contributed by atoms with van der Waals surface area (Å²) in [6, 6.07) is 8.54. The summed E-state index contributed by atoms with van der Waals surface area (Å²) >= 11 is 13.5. The molecule has 0 saturated heterocycles. The van der Waals surface area contributed by atoms with Crippen molar-refractivity contribution in [3.8, 4) is 11.1 Å². The first kappa shape index (κ1) is 14.9. The van der Waals surface area contributed by atoms with Crippen LogP contribution in [0.5, 0.6) is 0 Å².